The minimum absolute atomic E-state index is 0.251. The molecule has 0 radical (unpaired) electrons. The van der Waals surface area contributed by atoms with Crippen LogP contribution in [-0.4, -0.2) is 41.0 Å². The van der Waals surface area contributed by atoms with Crippen LogP contribution in [0.25, 0.3) is 0 Å². The Kier molecular flexibility index (Phi) is 6.43. The van der Waals surface area contributed by atoms with E-state index in [1.54, 1.807) is 25.3 Å². The number of nitrogens with zero attached hydrogens (tertiary/aromatic N) is 3. The SMILES string of the molecule is COc1ccccc1NC(=O)c1ccc(C2CCN(Cc3ccccn3)CC2)nc1N. The Labute approximate surface area is 182 Å². The molecule has 4 rings (SSSR count). The number of carbonyl (C=O) groups excluding carboxylic acids is 1. The highest BCUT2D eigenvalue weighted by atomic mass is 16.5. The van der Waals surface area contributed by atoms with Crippen LogP contribution in [0.4, 0.5) is 11.5 Å². The van der Waals surface area contributed by atoms with Gasteiger partial charge in [0.25, 0.3) is 5.91 Å². The number of hydrogen-bond donors (Lipinski definition) is 2. The minimum atomic E-state index is -0.300. The number of nitrogens with one attached hydrogen (secondary N) is 1. The molecule has 0 atom stereocenters. The van der Waals surface area contributed by atoms with Gasteiger partial charge in [-0.15, -0.1) is 0 Å². The van der Waals surface area contributed by atoms with E-state index in [2.05, 4.69) is 26.3 Å². The molecule has 3 aromatic rings. The summed E-state index contributed by atoms with van der Waals surface area (Å²) in [5, 5.41) is 2.85. The Morgan fingerprint density at radius 3 is 2.61 bits per heavy atom. The summed E-state index contributed by atoms with van der Waals surface area (Å²) >= 11 is 0. The number of pyridine rings is 2. The third-order valence-electron chi connectivity index (χ3n) is 5.66. The summed E-state index contributed by atoms with van der Waals surface area (Å²) in [6.45, 7) is 2.84. The summed E-state index contributed by atoms with van der Waals surface area (Å²) in [6, 6.07) is 17.0. The van der Waals surface area contributed by atoms with Gasteiger partial charge in [0.1, 0.15) is 11.6 Å². The van der Waals surface area contributed by atoms with E-state index >= 15 is 0 Å². The van der Waals surface area contributed by atoms with Gasteiger partial charge < -0.3 is 15.8 Å². The minimum Gasteiger partial charge on any atom is -0.495 e. The topological polar surface area (TPSA) is 93.4 Å². The third kappa shape index (κ3) is 5.00. The van der Waals surface area contributed by atoms with E-state index in [4.69, 9.17) is 10.5 Å². The zero-order valence-corrected chi connectivity index (χ0v) is 17.6. The van der Waals surface area contributed by atoms with Gasteiger partial charge in [0, 0.05) is 24.4 Å². The van der Waals surface area contributed by atoms with Crippen LogP contribution in [0.2, 0.25) is 0 Å². The summed E-state index contributed by atoms with van der Waals surface area (Å²) in [6.07, 6.45) is 3.85. The first-order chi connectivity index (χ1) is 15.1. The second kappa shape index (κ2) is 9.57. The normalized spacial score (nSPS) is 14.9. The Balaban J connectivity index is 1.38. The highest BCUT2D eigenvalue weighted by Gasteiger charge is 2.23. The fourth-order valence-corrected chi connectivity index (χ4v) is 3.96. The number of hydrogen-bond acceptors (Lipinski definition) is 6. The fourth-order valence-electron chi connectivity index (χ4n) is 3.96. The van der Waals surface area contributed by atoms with Crippen LogP contribution in [-0.2, 0) is 6.54 Å². The lowest BCUT2D eigenvalue weighted by atomic mass is 9.92. The van der Waals surface area contributed by atoms with Crippen molar-refractivity contribution in [3.8, 4) is 5.75 Å². The molecule has 3 heterocycles. The molecule has 0 bridgehead atoms. The molecule has 7 nitrogen and oxygen atoms in total. The maximum atomic E-state index is 12.7. The number of nitrogen functional groups attached to an aromatic ring is 1. The number of para-hydroxylation sites is 2. The van der Waals surface area contributed by atoms with Gasteiger partial charge in [0.15, 0.2) is 0 Å². The average Bonchev–Trinajstić information content (AvgIpc) is 2.80. The molecule has 160 valence electrons. The van der Waals surface area contributed by atoms with Crippen LogP contribution in [0.3, 0.4) is 0 Å². The zero-order valence-electron chi connectivity index (χ0n) is 17.6. The predicted molar refractivity (Wildman–Crippen MR) is 121 cm³/mol. The number of nitrogens with two attached hydrogens (primary N) is 1. The lowest BCUT2D eigenvalue weighted by Crippen LogP contribution is -2.33. The standard InChI is InChI=1S/C24H27N5O2/c1-31-22-8-3-2-7-21(22)28-24(30)19-9-10-20(27-23(19)25)17-11-14-29(15-12-17)16-18-6-4-5-13-26-18/h2-10,13,17H,11-12,14-16H2,1H3,(H2,25,27)(H,28,30). The van der Waals surface area contributed by atoms with Gasteiger partial charge in [-0.25, -0.2) is 4.98 Å². The van der Waals surface area contributed by atoms with Gasteiger partial charge in [-0.1, -0.05) is 18.2 Å². The molecule has 1 amide bonds. The van der Waals surface area contributed by atoms with Crippen molar-refractivity contribution in [2.45, 2.75) is 25.3 Å². The zero-order chi connectivity index (χ0) is 21.6. The van der Waals surface area contributed by atoms with Crippen molar-refractivity contribution >= 4 is 17.4 Å². The van der Waals surface area contributed by atoms with Crippen molar-refractivity contribution in [2.24, 2.45) is 0 Å². The molecular weight excluding hydrogens is 390 g/mol. The van der Waals surface area contributed by atoms with E-state index in [-0.39, 0.29) is 11.7 Å². The van der Waals surface area contributed by atoms with Crippen LogP contribution in [0.15, 0.2) is 60.8 Å². The van der Waals surface area contributed by atoms with E-state index in [9.17, 15) is 4.79 Å². The molecule has 7 heteroatoms. The number of benzene rings is 1. The number of carbonyl (C=O) groups is 1. The number of methoxy groups -OCH3 is 1. The molecule has 1 saturated heterocycles. The van der Waals surface area contributed by atoms with Crippen molar-refractivity contribution in [1.82, 2.24) is 14.9 Å². The number of ether oxygens (including phenoxy) is 1. The largest absolute Gasteiger partial charge is 0.495 e. The van der Waals surface area contributed by atoms with E-state index < -0.39 is 0 Å². The van der Waals surface area contributed by atoms with Gasteiger partial charge >= 0.3 is 0 Å². The van der Waals surface area contributed by atoms with Crippen molar-refractivity contribution < 1.29 is 9.53 Å². The molecule has 1 aliphatic heterocycles. The van der Waals surface area contributed by atoms with Crippen LogP contribution < -0.4 is 15.8 Å². The molecule has 1 aliphatic rings. The molecular formula is C24H27N5O2. The first-order valence-electron chi connectivity index (χ1n) is 10.5. The third-order valence-corrected chi connectivity index (χ3v) is 5.66. The lowest BCUT2D eigenvalue weighted by Gasteiger charge is -2.31. The molecule has 3 N–H and O–H groups in total. The Hall–Kier alpha value is -3.45. The number of likely N-dealkylation sites (tertiary alicyclic amines) is 1. The van der Waals surface area contributed by atoms with Gasteiger partial charge in [0.2, 0.25) is 0 Å². The Morgan fingerprint density at radius 1 is 1.13 bits per heavy atom. The first-order valence-corrected chi connectivity index (χ1v) is 10.5. The maximum Gasteiger partial charge on any atom is 0.259 e. The summed E-state index contributed by atoms with van der Waals surface area (Å²) in [5.74, 6) is 0.886. The van der Waals surface area contributed by atoms with Crippen LogP contribution in [0.1, 0.15) is 40.5 Å². The number of piperidine rings is 1. The maximum absolute atomic E-state index is 12.7. The van der Waals surface area contributed by atoms with E-state index in [1.807, 2.05) is 36.5 Å². The monoisotopic (exact) mass is 417 g/mol. The molecule has 31 heavy (non-hydrogen) atoms. The first kappa shape index (κ1) is 20.8. The van der Waals surface area contributed by atoms with E-state index in [1.165, 1.54) is 0 Å². The highest BCUT2D eigenvalue weighted by Crippen LogP contribution is 2.29. The van der Waals surface area contributed by atoms with E-state index in [0.29, 0.717) is 22.9 Å². The van der Waals surface area contributed by atoms with Crippen molar-refractivity contribution in [3.63, 3.8) is 0 Å². The summed E-state index contributed by atoms with van der Waals surface area (Å²) < 4.78 is 5.29. The van der Waals surface area contributed by atoms with Crippen molar-refractivity contribution in [2.75, 3.05) is 31.2 Å². The second-order valence-electron chi connectivity index (χ2n) is 7.69. The summed E-state index contributed by atoms with van der Waals surface area (Å²) in [7, 11) is 1.57. The van der Waals surface area contributed by atoms with E-state index in [0.717, 1.165) is 43.9 Å². The molecule has 1 fully saturated rings. The molecule has 0 aliphatic carbocycles. The molecule has 2 aromatic heterocycles. The second-order valence-corrected chi connectivity index (χ2v) is 7.69. The fraction of sp³-hybridized carbons (Fsp3) is 0.292. The van der Waals surface area contributed by atoms with Gasteiger partial charge in [-0.3, -0.25) is 14.7 Å². The van der Waals surface area contributed by atoms with Gasteiger partial charge in [0.05, 0.1) is 24.1 Å². The van der Waals surface area contributed by atoms with Crippen LogP contribution >= 0.6 is 0 Å². The molecule has 0 saturated carbocycles. The number of rotatable bonds is 6. The summed E-state index contributed by atoms with van der Waals surface area (Å²) in [4.78, 5) is 24.1. The molecule has 0 spiro atoms. The number of anilines is 2. The predicted octanol–water partition coefficient (Wildman–Crippen LogP) is 3.70. The quantitative estimate of drug-likeness (QED) is 0.635. The van der Waals surface area contributed by atoms with Crippen LogP contribution in [0.5, 0.6) is 5.75 Å². The number of aromatic nitrogens is 2. The van der Waals surface area contributed by atoms with Crippen molar-refractivity contribution in [3.05, 3.63) is 77.7 Å². The molecule has 0 unspecified atom stereocenters. The van der Waals surface area contributed by atoms with Crippen molar-refractivity contribution in [1.29, 1.82) is 0 Å². The molecule has 1 aromatic carbocycles. The summed E-state index contributed by atoms with van der Waals surface area (Å²) in [5.41, 5.74) is 9.16. The number of amides is 1. The van der Waals surface area contributed by atoms with Crippen LogP contribution in [0, 0.1) is 0 Å². The lowest BCUT2D eigenvalue weighted by molar-refractivity contribution is 0.102. The smallest absolute Gasteiger partial charge is 0.259 e. The van der Waals surface area contributed by atoms with Gasteiger partial charge in [-0.2, -0.15) is 0 Å². The Morgan fingerprint density at radius 2 is 1.90 bits per heavy atom. The Bertz CT molecular complexity index is 1030. The van der Waals surface area contributed by atoms with Gasteiger partial charge in [-0.05, 0) is 62.3 Å². The highest BCUT2D eigenvalue weighted by molar-refractivity contribution is 6.07. The average molecular weight is 418 g/mol.